The van der Waals surface area contributed by atoms with Crippen molar-refractivity contribution in [2.45, 2.75) is 6.54 Å². The van der Waals surface area contributed by atoms with Gasteiger partial charge in [0.1, 0.15) is 0 Å². The molecule has 0 aliphatic rings. The second kappa shape index (κ2) is 5.28. The number of benzene rings is 1. The van der Waals surface area contributed by atoms with Crippen LogP contribution in [-0.2, 0) is 6.54 Å². The first-order valence-electron chi connectivity index (χ1n) is 6.19. The van der Waals surface area contributed by atoms with Crippen LogP contribution in [-0.4, -0.2) is 11.1 Å². The number of fused-ring (bicyclic) bond motifs is 1. The molecule has 4 heteroatoms. The van der Waals surface area contributed by atoms with Crippen LogP contribution in [0.5, 0.6) is 0 Å². The molecule has 3 aromatic rings. The molecule has 0 fully saturated rings. The van der Waals surface area contributed by atoms with Crippen molar-refractivity contribution in [3.05, 3.63) is 64.4 Å². The van der Waals surface area contributed by atoms with E-state index >= 15 is 0 Å². The standard InChI is InChI=1S/C15H14N2OS/c18-15-3-1-2-8-17(15)9-7-16-13-4-5-14-12(11-13)6-10-19-14/h1-6,8,10-11,16H,7,9H2. The number of aromatic nitrogens is 1. The van der Waals surface area contributed by atoms with Gasteiger partial charge in [0.15, 0.2) is 0 Å². The van der Waals surface area contributed by atoms with Crippen molar-refractivity contribution >= 4 is 27.1 Å². The predicted molar refractivity (Wildman–Crippen MR) is 81.0 cm³/mol. The lowest BCUT2D eigenvalue weighted by atomic mass is 10.2. The lowest BCUT2D eigenvalue weighted by Crippen LogP contribution is -2.21. The molecule has 0 radical (unpaired) electrons. The monoisotopic (exact) mass is 270 g/mol. The van der Waals surface area contributed by atoms with Crippen LogP contribution >= 0.6 is 11.3 Å². The molecule has 19 heavy (non-hydrogen) atoms. The molecule has 0 saturated heterocycles. The van der Waals surface area contributed by atoms with Crippen LogP contribution in [0.4, 0.5) is 5.69 Å². The Bertz CT molecular complexity index is 745. The summed E-state index contributed by atoms with van der Waals surface area (Å²) in [6.07, 6.45) is 1.81. The molecule has 1 aromatic carbocycles. The fourth-order valence-electron chi connectivity index (χ4n) is 2.04. The van der Waals surface area contributed by atoms with Crippen molar-refractivity contribution in [1.29, 1.82) is 0 Å². The average molecular weight is 270 g/mol. The van der Waals surface area contributed by atoms with Crippen molar-refractivity contribution in [1.82, 2.24) is 4.57 Å². The van der Waals surface area contributed by atoms with E-state index in [4.69, 9.17) is 0 Å². The van der Waals surface area contributed by atoms with Gasteiger partial charge in [-0.1, -0.05) is 6.07 Å². The lowest BCUT2D eigenvalue weighted by molar-refractivity contribution is 0.698. The Morgan fingerprint density at radius 2 is 2.11 bits per heavy atom. The summed E-state index contributed by atoms with van der Waals surface area (Å²) in [5, 5.41) is 6.70. The molecule has 3 nitrogen and oxygen atoms in total. The van der Waals surface area contributed by atoms with E-state index in [0.717, 1.165) is 12.2 Å². The summed E-state index contributed by atoms with van der Waals surface area (Å²) in [6.45, 7) is 1.40. The molecule has 0 aliphatic heterocycles. The van der Waals surface area contributed by atoms with Gasteiger partial charge in [0, 0.05) is 35.7 Å². The topological polar surface area (TPSA) is 34.0 Å². The molecule has 0 spiro atoms. The molecule has 0 saturated carbocycles. The third kappa shape index (κ3) is 2.69. The van der Waals surface area contributed by atoms with E-state index in [1.165, 1.54) is 10.1 Å². The Hall–Kier alpha value is -2.07. The molecular weight excluding hydrogens is 256 g/mol. The Balaban J connectivity index is 1.66. The minimum atomic E-state index is 0.0394. The summed E-state index contributed by atoms with van der Waals surface area (Å²) in [5.41, 5.74) is 1.13. The number of anilines is 1. The third-order valence-electron chi connectivity index (χ3n) is 3.03. The van der Waals surface area contributed by atoms with Gasteiger partial charge in [-0.15, -0.1) is 11.3 Å². The second-order valence-corrected chi connectivity index (χ2v) is 5.28. The molecule has 96 valence electrons. The zero-order valence-corrected chi connectivity index (χ0v) is 11.2. The first kappa shape index (κ1) is 12.0. The molecule has 0 bridgehead atoms. The van der Waals surface area contributed by atoms with Gasteiger partial charge in [-0.2, -0.15) is 0 Å². The number of rotatable bonds is 4. The van der Waals surface area contributed by atoms with Gasteiger partial charge in [-0.25, -0.2) is 0 Å². The van der Waals surface area contributed by atoms with Crippen molar-refractivity contribution < 1.29 is 0 Å². The van der Waals surface area contributed by atoms with Crippen molar-refractivity contribution in [3.8, 4) is 0 Å². The highest BCUT2D eigenvalue weighted by Crippen LogP contribution is 2.23. The maximum atomic E-state index is 11.5. The minimum absolute atomic E-state index is 0.0394. The first-order valence-corrected chi connectivity index (χ1v) is 7.07. The van der Waals surface area contributed by atoms with Crippen LogP contribution in [0.25, 0.3) is 10.1 Å². The Morgan fingerprint density at radius 3 is 3.00 bits per heavy atom. The van der Waals surface area contributed by atoms with E-state index in [1.807, 2.05) is 12.3 Å². The van der Waals surface area contributed by atoms with Gasteiger partial charge < -0.3 is 9.88 Å². The molecule has 0 atom stereocenters. The number of pyridine rings is 1. The summed E-state index contributed by atoms with van der Waals surface area (Å²) in [5.74, 6) is 0. The molecule has 2 aromatic heterocycles. The second-order valence-electron chi connectivity index (χ2n) is 4.33. The summed E-state index contributed by atoms with van der Waals surface area (Å²) >= 11 is 1.75. The normalized spacial score (nSPS) is 10.7. The van der Waals surface area contributed by atoms with E-state index in [1.54, 1.807) is 28.0 Å². The maximum Gasteiger partial charge on any atom is 0.250 e. The van der Waals surface area contributed by atoms with E-state index in [9.17, 15) is 4.79 Å². The fourth-order valence-corrected chi connectivity index (χ4v) is 2.81. The van der Waals surface area contributed by atoms with Crippen LogP contribution in [0, 0.1) is 0 Å². The zero-order chi connectivity index (χ0) is 13.1. The van der Waals surface area contributed by atoms with Gasteiger partial charge in [-0.3, -0.25) is 4.79 Å². The summed E-state index contributed by atoms with van der Waals surface area (Å²) in [7, 11) is 0. The van der Waals surface area contributed by atoms with E-state index in [-0.39, 0.29) is 5.56 Å². The zero-order valence-electron chi connectivity index (χ0n) is 10.4. The van der Waals surface area contributed by atoms with Crippen LogP contribution in [0.1, 0.15) is 0 Å². The van der Waals surface area contributed by atoms with Crippen LogP contribution < -0.4 is 10.9 Å². The average Bonchev–Trinajstić information content (AvgIpc) is 2.88. The number of nitrogens with one attached hydrogen (secondary N) is 1. The SMILES string of the molecule is O=c1ccccn1CCNc1ccc2sccc2c1. The largest absolute Gasteiger partial charge is 0.383 e. The molecule has 1 N–H and O–H groups in total. The summed E-state index contributed by atoms with van der Waals surface area (Å²) in [4.78, 5) is 11.5. The maximum absolute atomic E-state index is 11.5. The fraction of sp³-hybridized carbons (Fsp3) is 0.133. The quantitative estimate of drug-likeness (QED) is 0.790. The number of hydrogen-bond acceptors (Lipinski definition) is 3. The molecule has 0 unspecified atom stereocenters. The van der Waals surface area contributed by atoms with E-state index in [0.29, 0.717) is 6.54 Å². The van der Waals surface area contributed by atoms with Gasteiger partial charge >= 0.3 is 0 Å². The molecule has 2 heterocycles. The number of nitrogens with zero attached hydrogens (tertiary/aromatic N) is 1. The highest BCUT2D eigenvalue weighted by molar-refractivity contribution is 7.17. The third-order valence-corrected chi connectivity index (χ3v) is 3.93. The highest BCUT2D eigenvalue weighted by Gasteiger charge is 1.98. The summed E-state index contributed by atoms with van der Waals surface area (Å²) < 4.78 is 3.00. The van der Waals surface area contributed by atoms with Crippen molar-refractivity contribution in [3.63, 3.8) is 0 Å². The predicted octanol–water partition coefficient (Wildman–Crippen LogP) is 3.18. The Kier molecular flexibility index (Phi) is 3.33. The van der Waals surface area contributed by atoms with Gasteiger partial charge in [0.2, 0.25) is 0 Å². The van der Waals surface area contributed by atoms with Gasteiger partial charge in [0.05, 0.1) is 0 Å². The Morgan fingerprint density at radius 1 is 1.16 bits per heavy atom. The van der Waals surface area contributed by atoms with E-state index < -0.39 is 0 Å². The van der Waals surface area contributed by atoms with Crippen LogP contribution in [0.15, 0.2) is 58.8 Å². The molecule has 3 rings (SSSR count). The van der Waals surface area contributed by atoms with Crippen molar-refractivity contribution in [2.24, 2.45) is 0 Å². The molecule has 0 amide bonds. The van der Waals surface area contributed by atoms with Crippen molar-refractivity contribution in [2.75, 3.05) is 11.9 Å². The number of hydrogen-bond donors (Lipinski definition) is 1. The Labute approximate surface area is 115 Å². The van der Waals surface area contributed by atoms with Gasteiger partial charge in [-0.05, 0) is 41.1 Å². The molecule has 0 aliphatic carbocycles. The first-order chi connectivity index (χ1) is 9.33. The van der Waals surface area contributed by atoms with Crippen LogP contribution in [0.3, 0.4) is 0 Å². The number of thiophene rings is 1. The molecular formula is C15H14N2OS. The van der Waals surface area contributed by atoms with Crippen LogP contribution in [0.2, 0.25) is 0 Å². The highest BCUT2D eigenvalue weighted by atomic mass is 32.1. The summed E-state index contributed by atoms with van der Waals surface area (Å²) in [6, 6.07) is 13.7. The lowest BCUT2D eigenvalue weighted by Gasteiger charge is -2.08. The smallest absolute Gasteiger partial charge is 0.250 e. The minimum Gasteiger partial charge on any atom is -0.383 e. The van der Waals surface area contributed by atoms with Gasteiger partial charge in [0.25, 0.3) is 5.56 Å². The van der Waals surface area contributed by atoms with E-state index in [2.05, 4.69) is 35.0 Å².